The van der Waals surface area contributed by atoms with Gasteiger partial charge in [0.05, 0.1) is 11.7 Å². The molecule has 7 heteroatoms. The van der Waals surface area contributed by atoms with Gasteiger partial charge in [-0.3, -0.25) is 4.79 Å². The molecule has 0 aliphatic carbocycles. The van der Waals surface area contributed by atoms with Gasteiger partial charge in [0.1, 0.15) is 5.69 Å². The molecular formula is C14H18N2O5. The van der Waals surface area contributed by atoms with E-state index in [4.69, 9.17) is 14.6 Å². The van der Waals surface area contributed by atoms with Crippen molar-refractivity contribution >= 4 is 11.9 Å². The van der Waals surface area contributed by atoms with E-state index in [1.165, 1.54) is 18.3 Å². The van der Waals surface area contributed by atoms with Crippen LogP contribution in [0.15, 0.2) is 18.3 Å². The number of hydrogen-bond acceptors (Lipinski definition) is 5. The molecule has 0 atom stereocenters. The smallest absolute Gasteiger partial charge is 0.354 e. The van der Waals surface area contributed by atoms with Crippen LogP contribution < -0.4 is 0 Å². The summed E-state index contributed by atoms with van der Waals surface area (Å²) in [7, 11) is 1.65. The number of carbonyl (C=O) groups excluding carboxylic acids is 1. The molecule has 2 heterocycles. The second-order valence-corrected chi connectivity index (χ2v) is 4.79. The lowest BCUT2D eigenvalue weighted by Crippen LogP contribution is -2.54. The highest BCUT2D eigenvalue weighted by Crippen LogP contribution is 2.16. The van der Waals surface area contributed by atoms with E-state index >= 15 is 0 Å². The van der Waals surface area contributed by atoms with Crippen molar-refractivity contribution in [3.05, 3.63) is 29.6 Å². The molecule has 1 aromatic heterocycles. The molecule has 0 spiro atoms. The summed E-state index contributed by atoms with van der Waals surface area (Å²) in [6.07, 6.45) is 2.19. The number of aromatic carboxylic acids is 1. The number of nitrogens with zero attached hydrogens (tertiary/aromatic N) is 2. The van der Waals surface area contributed by atoms with Crippen molar-refractivity contribution in [1.82, 2.24) is 9.88 Å². The Morgan fingerprint density at radius 3 is 2.71 bits per heavy atom. The van der Waals surface area contributed by atoms with Crippen LogP contribution in [-0.2, 0) is 9.47 Å². The number of carboxylic acid groups (broad SMARTS) is 1. The van der Waals surface area contributed by atoms with Crippen molar-refractivity contribution in [1.29, 1.82) is 0 Å². The third-order valence-corrected chi connectivity index (χ3v) is 3.21. The lowest BCUT2D eigenvalue weighted by molar-refractivity contribution is -0.0464. The number of aromatic nitrogens is 1. The highest BCUT2D eigenvalue weighted by molar-refractivity contribution is 5.95. The van der Waals surface area contributed by atoms with Crippen molar-refractivity contribution < 1.29 is 24.2 Å². The monoisotopic (exact) mass is 294 g/mol. The Morgan fingerprint density at radius 1 is 1.38 bits per heavy atom. The average Bonchev–Trinajstić information content (AvgIpc) is 2.44. The van der Waals surface area contributed by atoms with Gasteiger partial charge in [-0.15, -0.1) is 0 Å². The number of pyridine rings is 1. The molecule has 1 amide bonds. The van der Waals surface area contributed by atoms with Crippen molar-refractivity contribution in [2.24, 2.45) is 0 Å². The Kier molecular flexibility index (Phi) is 5.24. The van der Waals surface area contributed by atoms with Crippen LogP contribution in [0.1, 0.15) is 27.3 Å². The predicted octanol–water partition coefficient (Wildman–Crippen LogP) is 0.657. The van der Waals surface area contributed by atoms with Crippen LogP contribution in [0.3, 0.4) is 0 Å². The number of amides is 1. The molecule has 1 aliphatic heterocycles. The Hall–Kier alpha value is -1.99. The summed E-state index contributed by atoms with van der Waals surface area (Å²) >= 11 is 0. The fraction of sp³-hybridized carbons (Fsp3) is 0.500. The number of likely N-dealkylation sites (tertiary alicyclic amines) is 1. The molecule has 0 unspecified atom stereocenters. The zero-order valence-electron chi connectivity index (χ0n) is 11.8. The molecular weight excluding hydrogens is 276 g/mol. The Morgan fingerprint density at radius 2 is 2.14 bits per heavy atom. The molecule has 1 fully saturated rings. The van der Waals surface area contributed by atoms with E-state index in [0.717, 1.165) is 6.42 Å². The number of hydrogen-bond donors (Lipinski definition) is 1. The molecule has 114 valence electrons. The van der Waals surface area contributed by atoms with Crippen LogP contribution in [0, 0.1) is 0 Å². The van der Waals surface area contributed by atoms with Crippen LogP contribution in [0.4, 0.5) is 0 Å². The van der Waals surface area contributed by atoms with E-state index in [1.807, 2.05) is 0 Å². The highest BCUT2D eigenvalue weighted by atomic mass is 16.5. The molecule has 1 aromatic rings. The van der Waals surface area contributed by atoms with Gasteiger partial charge in [0.25, 0.3) is 5.91 Å². The number of rotatable bonds is 7. The molecule has 1 N–H and O–H groups in total. The summed E-state index contributed by atoms with van der Waals surface area (Å²) in [5, 5.41) is 8.75. The van der Waals surface area contributed by atoms with Crippen LogP contribution in [0.2, 0.25) is 0 Å². The second-order valence-electron chi connectivity index (χ2n) is 4.79. The van der Waals surface area contributed by atoms with Crippen LogP contribution in [0.5, 0.6) is 0 Å². The SMILES string of the molecule is COCCCOC1CN(C(=O)c2ccc(C(=O)O)nc2)C1. The lowest BCUT2D eigenvalue weighted by atomic mass is 10.1. The summed E-state index contributed by atoms with van der Waals surface area (Å²) in [5.74, 6) is -1.27. The molecule has 0 radical (unpaired) electrons. The van der Waals surface area contributed by atoms with Crippen molar-refractivity contribution in [2.45, 2.75) is 12.5 Å². The van der Waals surface area contributed by atoms with Gasteiger partial charge >= 0.3 is 5.97 Å². The van der Waals surface area contributed by atoms with E-state index in [0.29, 0.717) is 31.9 Å². The van der Waals surface area contributed by atoms with Gasteiger partial charge < -0.3 is 19.5 Å². The maximum atomic E-state index is 12.1. The predicted molar refractivity (Wildman–Crippen MR) is 73.3 cm³/mol. The maximum Gasteiger partial charge on any atom is 0.354 e. The molecule has 21 heavy (non-hydrogen) atoms. The third kappa shape index (κ3) is 3.99. The third-order valence-electron chi connectivity index (χ3n) is 3.21. The van der Waals surface area contributed by atoms with Gasteiger partial charge in [0.2, 0.25) is 0 Å². The van der Waals surface area contributed by atoms with E-state index in [9.17, 15) is 9.59 Å². The first-order valence-electron chi connectivity index (χ1n) is 6.71. The van der Waals surface area contributed by atoms with Gasteiger partial charge in [-0.1, -0.05) is 0 Å². The molecule has 1 saturated heterocycles. The summed E-state index contributed by atoms with van der Waals surface area (Å²) in [6.45, 7) is 2.38. The van der Waals surface area contributed by atoms with Gasteiger partial charge in [0, 0.05) is 39.6 Å². The number of carbonyl (C=O) groups is 2. The van der Waals surface area contributed by atoms with E-state index < -0.39 is 5.97 Å². The molecule has 0 bridgehead atoms. The summed E-state index contributed by atoms with van der Waals surface area (Å²) in [5.41, 5.74) is 0.312. The Balaban J connectivity index is 1.77. The zero-order valence-corrected chi connectivity index (χ0v) is 11.8. The molecule has 0 aromatic carbocycles. The largest absolute Gasteiger partial charge is 0.477 e. The van der Waals surface area contributed by atoms with Crippen molar-refractivity contribution in [2.75, 3.05) is 33.4 Å². The highest BCUT2D eigenvalue weighted by Gasteiger charge is 2.31. The van der Waals surface area contributed by atoms with E-state index in [-0.39, 0.29) is 17.7 Å². The molecule has 1 aliphatic rings. The number of carboxylic acids is 1. The van der Waals surface area contributed by atoms with Gasteiger partial charge in [0.15, 0.2) is 0 Å². The van der Waals surface area contributed by atoms with Crippen LogP contribution in [-0.4, -0.2) is 66.4 Å². The fourth-order valence-electron chi connectivity index (χ4n) is 1.99. The summed E-state index contributed by atoms with van der Waals surface area (Å²) in [4.78, 5) is 28.2. The molecule has 2 rings (SSSR count). The lowest BCUT2D eigenvalue weighted by Gasteiger charge is -2.38. The quantitative estimate of drug-likeness (QED) is 0.743. The normalized spacial score (nSPS) is 14.8. The van der Waals surface area contributed by atoms with E-state index in [1.54, 1.807) is 12.0 Å². The van der Waals surface area contributed by atoms with E-state index in [2.05, 4.69) is 4.98 Å². The minimum atomic E-state index is -1.11. The standard InChI is InChI=1S/C14H18N2O5/c1-20-5-2-6-21-11-8-16(9-11)13(17)10-3-4-12(14(18)19)15-7-10/h3-4,7,11H,2,5-6,8-9H2,1H3,(H,18,19). The van der Waals surface area contributed by atoms with Crippen molar-refractivity contribution in [3.63, 3.8) is 0 Å². The Labute approximate surface area is 122 Å². The summed E-state index contributed by atoms with van der Waals surface area (Å²) in [6, 6.07) is 2.81. The number of ether oxygens (including phenoxy) is 2. The second kappa shape index (κ2) is 7.14. The van der Waals surface area contributed by atoms with Crippen LogP contribution >= 0.6 is 0 Å². The first kappa shape index (κ1) is 15.4. The first-order valence-corrected chi connectivity index (χ1v) is 6.71. The zero-order chi connectivity index (χ0) is 15.2. The summed E-state index contributed by atoms with van der Waals surface area (Å²) < 4.78 is 10.5. The topological polar surface area (TPSA) is 89.0 Å². The van der Waals surface area contributed by atoms with Gasteiger partial charge in [-0.2, -0.15) is 0 Å². The van der Waals surface area contributed by atoms with Gasteiger partial charge in [-0.05, 0) is 18.6 Å². The molecule has 0 saturated carbocycles. The fourth-order valence-corrected chi connectivity index (χ4v) is 1.99. The average molecular weight is 294 g/mol. The van der Waals surface area contributed by atoms with Gasteiger partial charge in [-0.25, -0.2) is 9.78 Å². The maximum absolute atomic E-state index is 12.1. The van der Waals surface area contributed by atoms with Crippen LogP contribution in [0.25, 0.3) is 0 Å². The number of methoxy groups -OCH3 is 1. The minimum Gasteiger partial charge on any atom is -0.477 e. The Bertz CT molecular complexity index is 497. The minimum absolute atomic E-state index is 0.0667. The first-order chi connectivity index (χ1) is 10.1. The molecule has 7 nitrogen and oxygen atoms in total. The van der Waals surface area contributed by atoms with Crippen molar-refractivity contribution in [3.8, 4) is 0 Å².